The van der Waals surface area contributed by atoms with Crippen molar-refractivity contribution in [3.63, 3.8) is 0 Å². The summed E-state index contributed by atoms with van der Waals surface area (Å²) in [7, 11) is 0. The van der Waals surface area contributed by atoms with Gasteiger partial charge in [0.2, 0.25) is 5.88 Å². The number of halogens is 3. The molecule has 0 spiro atoms. The summed E-state index contributed by atoms with van der Waals surface area (Å²) in [6.45, 7) is 4.23. The SMILES string of the molecule is Cc1ccc(C2CC2COc2nc(C)ncc2-c2ccc(C(F)(F)F)cc2)nc1. The largest absolute Gasteiger partial charge is 0.477 e. The van der Waals surface area contributed by atoms with Gasteiger partial charge in [-0.3, -0.25) is 4.98 Å². The Morgan fingerprint density at radius 1 is 1.00 bits per heavy atom. The number of alkyl halides is 3. The van der Waals surface area contributed by atoms with E-state index in [-0.39, 0.29) is 0 Å². The summed E-state index contributed by atoms with van der Waals surface area (Å²) < 4.78 is 44.4. The summed E-state index contributed by atoms with van der Waals surface area (Å²) in [4.78, 5) is 13.0. The maximum Gasteiger partial charge on any atom is 0.416 e. The predicted octanol–water partition coefficient (Wildman–Crippen LogP) is 5.36. The van der Waals surface area contributed by atoms with Crippen LogP contribution in [0.2, 0.25) is 0 Å². The molecule has 150 valence electrons. The highest BCUT2D eigenvalue weighted by Gasteiger charge is 2.40. The van der Waals surface area contributed by atoms with E-state index in [9.17, 15) is 13.2 Å². The van der Waals surface area contributed by atoms with Crippen LogP contribution in [0.1, 0.15) is 35.0 Å². The van der Waals surface area contributed by atoms with Crippen LogP contribution in [0.4, 0.5) is 13.2 Å². The third kappa shape index (κ3) is 4.39. The minimum Gasteiger partial charge on any atom is -0.477 e. The monoisotopic (exact) mass is 399 g/mol. The van der Waals surface area contributed by atoms with Crippen LogP contribution in [0.25, 0.3) is 11.1 Å². The molecule has 3 aromatic rings. The Morgan fingerprint density at radius 3 is 2.41 bits per heavy atom. The van der Waals surface area contributed by atoms with E-state index in [1.54, 1.807) is 13.1 Å². The molecule has 7 heteroatoms. The number of aryl methyl sites for hydroxylation is 2. The molecule has 0 bridgehead atoms. The van der Waals surface area contributed by atoms with Crippen LogP contribution >= 0.6 is 0 Å². The lowest BCUT2D eigenvalue weighted by Crippen LogP contribution is -2.06. The number of ether oxygens (including phenoxy) is 1. The van der Waals surface area contributed by atoms with Crippen LogP contribution < -0.4 is 4.74 Å². The Kier molecular flexibility index (Phi) is 4.98. The fraction of sp³-hybridized carbons (Fsp3) is 0.318. The zero-order chi connectivity index (χ0) is 20.6. The topological polar surface area (TPSA) is 47.9 Å². The lowest BCUT2D eigenvalue weighted by atomic mass is 10.1. The van der Waals surface area contributed by atoms with Crippen LogP contribution in [0.3, 0.4) is 0 Å². The van der Waals surface area contributed by atoms with Gasteiger partial charge in [0.05, 0.1) is 17.7 Å². The van der Waals surface area contributed by atoms with Crippen molar-refractivity contribution in [1.29, 1.82) is 0 Å². The number of nitrogens with zero attached hydrogens (tertiary/aromatic N) is 3. The standard InChI is InChI=1S/C22H20F3N3O/c1-13-3-8-20(27-10-13)18-9-16(18)12-29-21-19(11-26-14(2)28-21)15-4-6-17(7-5-15)22(23,24)25/h3-8,10-11,16,18H,9,12H2,1-2H3. The number of hydrogen-bond donors (Lipinski definition) is 0. The second-order valence-electron chi connectivity index (χ2n) is 7.38. The maximum absolute atomic E-state index is 12.8. The summed E-state index contributed by atoms with van der Waals surface area (Å²) in [5.41, 5.74) is 2.66. The number of pyridine rings is 1. The van der Waals surface area contributed by atoms with Gasteiger partial charge in [0, 0.05) is 29.9 Å². The first-order valence-electron chi connectivity index (χ1n) is 9.38. The van der Waals surface area contributed by atoms with Crippen molar-refractivity contribution in [3.8, 4) is 17.0 Å². The molecule has 1 fully saturated rings. The van der Waals surface area contributed by atoms with Gasteiger partial charge in [-0.05, 0) is 49.6 Å². The lowest BCUT2D eigenvalue weighted by Gasteiger charge is -2.12. The zero-order valence-corrected chi connectivity index (χ0v) is 16.1. The molecule has 2 heterocycles. The molecule has 0 saturated heterocycles. The highest BCUT2D eigenvalue weighted by Crippen LogP contribution is 2.47. The van der Waals surface area contributed by atoms with Crippen LogP contribution in [-0.2, 0) is 6.18 Å². The number of aromatic nitrogens is 3. The molecule has 1 aliphatic rings. The third-order valence-corrected chi connectivity index (χ3v) is 5.07. The van der Waals surface area contributed by atoms with E-state index in [1.165, 1.54) is 12.1 Å². The second-order valence-corrected chi connectivity index (χ2v) is 7.38. The fourth-order valence-corrected chi connectivity index (χ4v) is 3.27. The van der Waals surface area contributed by atoms with Gasteiger partial charge in [-0.15, -0.1) is 0 Å². The van der Waals surface area contributed by atoms with Gasteiger partial charge in [0.1, 0.15) is 5.82 Å². The van der Waals surface area contributed by atoms with Gasteiger partial charge >= 0.3 is 6.18 Å². The lowest BCUT2D eigenvalue weighted by molar-refractivity contribution is -0.137. The summed E-state index contributed by atoms with van der Waals surface area (Å²) >= 11 is 0. The molecule has 1 aromatic carbocycles. The number of hydrogen-bond acceptors (Lipinski definition) is 4. The van der Waals surface area contributed by atoms with Gasteiger partial charge in [0.15, 0.2) is 0 Å². The van der Waals surface area contributed by atoms with E-state index in [1.807, 2.05) is 19.2 Å². The summed E-state index contributed by atoms with van der Waals surface area (Å²) in [6.07, 6.45) is 0.0800. The Hall–Kier alpha value is -2.96. The number of rotatable bonds is 5. The molecule has 1 saturated carbocycles. The van der Waals surface area contributed by atoms with E-state index in [4.69, 9.17) is 4.74 Å². The molecule has 4 rings (SSSR count). The molecular formula is C22H20F3N3O. The Bertz CT molecular complexity index is 1000. The highest BCUT2D eigenvalue weighted by molar-refractivity contribution is 5.68. The predicted molar refractivity (Wildman–Crippen MR) is 103 cm³/mol. The number of benzene rings is 1. The van der Waals surface area contributed by atoms with E-state index in [0.29, 0.717) is 41.3 Å². The average Bonchev–Trinajstić information content (AvgIpc) is 3.46. The van der Waals surface area contributed by atoms with Gasteiger partial charge in [-0.25, -0.2) is 4.98 Å². The first kappa shape index (κ1) is 19.4. The van der Waals surface area contributed by atoms with Gasteiger partial charge in [-0.1, -0.05) is 18.2 Å². The second kappa shape index (κ2) is 7.46. The molecule has 29 heavy (non-hydrogen) atoms. The van der Waals surface area contributed by atoms with Crippen molar-refractivity contribution >= 4 is 0 Å². The van der Waals surface area contributed by atoms with Crippen molar-refractivity contribution in [1.82, 2.24) is 15.0 Å². The molecule has 0 aliphatic heterocycles. The highest BCUT2D eigenvalue weighted by atomic mass is 19.4. The summed E-state index contributed by atoms with van der Waals surface area (Å²) in [5.74, 6) is 1.65. The van der Waals surface area contributed by atoms with Crippen LogP contribution in [-0.4, -0.2) is 21.6 Å². The van der Waals surface area contributed by atoms with Crippen molar-refractivity contribution in [2.75, 3.05) is 6.61 Å². The zero-order valence-electron chi connectivity index (χ0n) is 16.1. The van der Waals surface area contributed by atoms with Crippen LogP contribution in [0.15, 0.2) is 48.8 Å². The normalized spacial score (nSPS) is 18.5. The molecule has 2 aromatic heterocycles. The Morgan fingerprint density at radius 2 is 1.76 bits per heavy atom. The van der Waals surface area contributed by atoms with Crippen molar-refractivity contribution in [2.45, 2.75) is 32.4 Å². The van der Waals surface area contributed by atoms with E-state index in [0.717, 1.165) is 29.8 Å². The smallest absolute Gasteiger partial charge is 0.416 e. The molecule has 2 unspecified atom stereocenters. The van der Waals surface area contributed by atoms with E-state index < -0.39 is 11.7 Å². The van der Waals surface area contributed by atoms with Crippen LogP contribution in [0, 0.1) is 19.8 Å². The average molecular weight is 399 g/mol. The first-order valence-corrected chi connectivity index (χ1v) is 9.38. The summed E-state index contributed by atoms with van der Waals surface area (Å²) in [6, 6.07) is 9.04. The van der Waals surface area contributed by atoms with E-state index >= 15 is 0 Å². The van der Waals surface area contributed by atoms with E-state index in [2.05, 4.69) is 21.0 Å². The molecule has 0 amide bonds. The van der Waals surface area contributed by atoms with Gasteiger partial charge < -0.3 is 4.74 Å². The first-order chi connectivity index (χ1) is 13.8. The van der Waals surface area contributed by atoms with Gasteiger partial charge in [-0.2, -0.15) is 18.2 Å². The minimum atomic E-state index is -4.37. The Labute approximate surface area is 166 Å². The molecular weight excluding hydrogens is 379 g/mol. The van der Waals surface area contributed by atoms with Gasteiger partial charge in [0.25, 0.3) is 0 Å². The molecule has 4 nitrogen and oxygen atoms in total. The summed E-state index contributed by atoms with van der Waals surface area (Å²) in [5, 5.41) is 0. The minimum absolute atomic E-state index is 0.348. The quantitative estimate of drug-likeness (QED) is 0.580. The van der Waals surface area contributed by atoms with Crippen molar-refractivity contribution in [3.05, 3.63) is 71.4 Å². The third-order valence-electron chi connectivity index (χ3n) is 5.07. The fourth-order valence-electron chi connectivity index (χ4n) is 3.27. The maximum atomic E-state index is 12.8. The molecule has 2 atom stereocenters. The van der Waals surface area contributed by atoms with Crippen molar-refractivity contribution < 1.29 is 17.9 Å². The molecule has 1 aliphatic carbocycles. The van der Waals surface area contributed by atoms with Crippen LogP contribution in [0.5, 0.6) is 5.88 Å². The Balaban J connectivity index is 1.48. The molecule has 0 radical (unpaired) electrons. The molecule has 0 N–H and O–H groups in total. The van der Waals surface area contributed by atoms with Crippen molar-refractivity contribution in [2.24, 2.45) is 5.92 Å².